The number of nitrogens with zero attached hydrogens (tertiary/aromatic N) is 2. The molecular weight excluding hydrogens is 174 g/mol. The van der Waals surface area contributed by atoms with Gasteiger partial charge in [-0.3, -0.25) is 4.98 Å². The normalized spacial score (nSPS) is 13.0. The second-order valence-electron chi connectivity index (χ2n) is 3.29. The lowest BCUT2D eigenvalue weighted by molar-refractivity contribution is 0.635. The molecule has 0 aliphatic heterocycles. The minimum Gasteiger partial charge on any atom is -0.312 e. The summed E-state index contributed by atoms with van der Waals surface area (Å²) < 4.78 is 0. The zero-order valence-corrected chi connectivity index (χ0v) is 8.36. The van der Waals surface area contributed by atoms with E-state index < -0.39 is 0 Å². The summed E-state index contributed by atoms with van der Waals surface area (Å²) in [5.74, 6) is 0. The number of rotatable bonds is 2. The Balaban J connectivity index is 2.51. The lowest BCUT2D eigenvalue weighted by Crippen LogP contribution is -2.13. The number of fused-ring (bicyclic) bond motifs is 1. The Morgan fingerprint density at radius 2 is 2.07 bits per heavy atom. The van der Waals surface area contributed by atoms with Crippen molar-refractivity contribution in [3.05, 3.63) is 36.2 Å². The van der Waals surface area contributed by atoms with Gasteiger partial charge in [0.2, 0.25) is 0 Å². The van der Waals surface area contributed by atoms with Gasteiger partial charge in [-0.1, -0.05) is 0 Å². The molecular formula is C11H13N3. The Kier molecular flexibility index (Phi) is 2.41. The Labute approximate surface area is 83.2 Å². The van der Waals surface area contributed by atoms with Crippen LogP contribution in [0.5, 0.6) is 0 Å². The summed E-state index contributed by atoms with van der Waals surface area (Å²) in [5.41, 5.74) is 2.94. The van der Waals surface area contributed by atoms with E-state index in [4.69, 9.17) is 0 Å². The van der Waals surface area contributed by atoms with Crippen LogP contribution in [0.3, 0.4) is 0 Å². The Morgan fingerprint density at radius 3 is 2.86 bits per heavy atom. The Bertz CT molecular complexity index is 439. The van der Waals surface area contributed by atoms with Crippen molar-refractivity contribution in [2.75, 3.05) is 7.05 Å². The van der Waals surface area contributed by atoms with Crippen LogP contribution in [-0.4, -0.2) is 17.0 Å². The molecule has 14 heavy (non-hydrogen) atoms. The maximum atomic E-state index is 4.52. The van der Waals surface area contributed by atoms with Crippen LogP contribution in [-0.2, 0) is 0 Å². The summed E-state index contributed by atoms with van der Waals surface area (Å²) in [5, 5.41) is 3.16. The minimum absolute atomic E-state index is 0.277. The molecule has 3 nitrogen and oxygen atoms in total. The highest BCUT2D eigenvalue weighted by atomic mass is 14.9. The topological polar surface area (TPSA) is 37.8 Å². The quantitative estimate of drug-likeness (QED) is 0.780. The smallest absolute Gasteiger partial charge is 0.0890 e. The zero-order valence-electron chi connectivity index (χ0n) is 8.36. The first-order chi connectivity index (χ1) is 6.81. The molecule has 0 saturated heterocycles. The van der Waals surface area contributed by atoms with Crippen molar-refractivity contribution in [1.82, 2.24) is 15.3 Å². The summed E-state index contributed by atoms with van der Waals surface area (Å²) in [7, 11) is 1.93. The molecule has 0 saturated carbocycles. The molecule has 0 spiro atoms. The molecule has 0 aromatic carbocycles. The number of nitrogens with one attached hydrogen (secondary N) is 1. The first kappa shape index (κ1) is 9.09. The van der Waals surface area contributed by atoms with Gasteiger partial charge in [0.1, 0.15) is 0 Å². The first-order valence-electron chi connectivity index (χ1n) is 4.70. The van der Waals surface area contributed by atoms with E-state index in [2.05, 4.69) is 22.2 Å². The van der Waals surface area contributed by atoms with Gasteiger partial charge < -0.3 is 5.32 Å². The van der Waals surface area contributed by atoms with Gasteiger partial charge in [-0.25, -0.2) is 4.98 Å². The fourth-order valence-electron chi connectivity index (χ4n) is 1.36. The summed E-state index contributed by atoms with van der Waals surface area (Å²) >= 11 is 0. The van der Waals surface area contributed by atoms with Gasteiger partial charge >= 0.3 is 0 Å². The van der Waals surface area contributed by atoms with Crippen LogP contribution in [0, 0.1) is 0 Å². The van der Waals surface area contributed by atoms with Crippen molar-refractivity contribution < 1.29 is 0 Å². The first-order valence-corrected chi connectivity index (χ1v) is 4.70. The van der Waals surface area contributed by atoms with E-state index in [1.54, 1.807) is 6.20 Å². The van der Waals surface area contributed by atoms with Crippen LogP contribution in [0.4, 0.5) is 0 Å². The van der Waals surface area contributed by atoms with E-state index in [0.29, 0.717) is 0 Å². The van der Waals surface area contributed by atoms with E-state index in [9.17, 15) is 0 Å². The van der Waals surface area contributed by atoms with Crippen molar-refractivity contribution in [3.63, 3.8) is 0 Å². The van der Waals surface area contributed by atoms with Crippen molar-refractivity contribution >= 4 is 11.0 Å². The molecule has 2 rings (SSSR count). The fourth-order valence-corrected chi connectivity index (χ4v) is 1.36. The highest BCUT2D eigenvalue weighted by Gasteiger charge is 2.04. The standard InChI is InChI=1S/C11H13N3/c1-8(12-2)9-5-6-10-11(14-9)4-3-7-13-10/h3-8,12H,1-2H3/t8-/m0/s1. The second-order valence-corrected chi connectivity index (χ2v) is 3.29. The molecule has 3 heteroatoms. The summed E-state index contributed by atoms with van der Waals surface area (Å²) in [6.07, 6.45) is 1.78. The van der Waals surface area contributed by atoms with Gasteiger partial charge in [-0.15, -0.1) is 0 Å². The molecule has 0 unspecified atom stereocenters. The molecule has 0 fully saturated rings. The number of pyridine rings is 2. The van der Waals surface area contributed by atoms with Crippen LogP contribution in [0.15, 0.2) is 30.5 Å². The molecule has 0 aliphatic carbocycles. The number of aromatic nitrogens is 2. The summed E-state index contributed by atoms with van der Waals surface area (Å²) in [6.45, 7) is 2.09. The number of hydrogen-bond acceptors (Lipinski definition) is 3. The summed E-state index contributed by atoms with van der Waals surface area (Å²) in [4.78, 5) is 8.75. The van der Waals surface area contributed by atoms with Crippen LogP contribution in [0.25, 0.3) is 11.0 Å². The van der Waals surface area contributed by atoms with E-state index in [1.807, 2.05) is 31.3 Å². The predicted molar refractivity (Wildman–Crippen MR) is 57.0 cm³/mol. The lowest BCUT2D eigenvalue weighted by Gasteiger charge is -2.09. The SMILES string of the molecule is CN[C@@H](C)c1ccc2ncccc2n1. The van der Waals surface area contributed by atoms with Gasteiger partial charge in [0.05, 0.1) is 16.7 Å². The molecule has 0 amide bonds. The van der Waals surface area contributed by atoms with Crippen molar-refractivity contribution in [3.8, 4) is 0 Å². The zero-order chi connectivity index (χ0) is 9.97. The molecule has 72 valence electrons. The van der Waals surface area contributed by atoms with Crippen LogP contribution in [0.1, 0.15) is 18.7 Å². The van der Waals surface area contributed by atoms with Gasteiger partial charge in [0.25, 0.3) is 0 Å². The molecule has 1 atom stereocenters. The minimum atomic E-state index is 0.277. The van der Waals surface area contributed by atoms with Gasteiger partial charge in [-0.05, 0) is 38.2 Å². The molecule has 2 aromatic heterocycles. The average Bonchev–Trinajstić information content (AvgIpc) is 2.27. The largest absolute Gasteiger partial charge is 0.312 e. The van der Waals surface area contributed by atoms with Gasteiger partial charge in [0.15, 0.2) is 0 Å². The third-order valence-corrected chi connectivity index (χ3v) is 2.35. The highest BCUT2D eigenvalue weighted by Crippen LogP contribution is 2.13. The predicted octanol–water partition coefficient (Wildman–Crippen LogP) is 1.91. The Hall–Kier alpha value is -1.48. The van der Waals surface area contributed by atoms with Crippen molar-refractivity contribution in [2.45, 2.75) is 13.0 Å². The Morgan fingerprint density at radius 1 is 1.21 bits per heavy atom. The lowest BCUT2D eigenvalue weighted by atomic mass is 10.2. The maximum absolute atomic E-state index is 4.52. The monoisotopic (exact) mass is 187 g/mol. The third kappa shape index (κ3) is 1.59. The fraction of sp³-hybridized carbons (Fsp3) is 0.273. The van der Waals surface area contributed by atoms with Crippen molar-refractivity contribution in [1.29, 1.82) is 0 Å². The van der Waals surface area contributed by atoms with Crippen LogP contribution < -0.4 is 5.32 Å². The molecule has 2 heterocycles. The van der Waals surface area contributed by atoms with Crippen LogP contribution in [0.2, 0.25) is 0 Å². The highest BCUT2D eigenvalue weighted by molar-refractivity contribution is 5.73. The molecule has 1 N–H and O–H groups in total. The molecule has 0 aliphatic rings. The second kappa shape index (κ2) is 3.72. The number of hydrogen-bond donors (Lipinski definition) is 1. The van der Waals surface area contributed by atoms with Crippen molar-refractivity contribution in [2.24, 2.45) is 0 Å². The summed E-state index contributed by atoms with van der Waals surface area (Å²) in [6, 6.07) is 8.18. The molecule has 0 radical (unpaired) electrons. The maximum Gasteiger partial charge on any atom is 0.0890 e. The van der Waals surface area contributed by atoms with E-state index >= 15 is 0 Å². The van der Waals surface area contributed by atoms with E-state index in [0.717, 1.165) is 16.7 Å². The molecule has 0 bridgehead atoms. The van der Waals surface area contributed by atoms with Gasteiger partial charge in [-0.2, -0.15) is 0 Å². The third-order valence-electron chi connectivity index (χ3n) is 2.35. The van der Waals surface area contributed by atoms with E-state index in [-0.39, 0.29) is 6.04 Å². The average molecular weight is 187 g/mol. The van der Waals surface area contributed by atoms with E-state index in [1.165, 1.54) is 0 Å². The van der Waals surface area contributed by atoms with Gasteiger partial charge in [0, 0.05) is 12.2 Å². The van der Waals surface area contributed by atoms with Crippen LogP contribution >= 0.6 is 0 Å². The molecule has 2 aromatic rings.